The van der Waals surface area contributed by atoms with Crippen LogP contribution in [0.15, 0.2) is 48.5 Å². The van der Waals surface area contributed by atoms with E-state index < -0.39 is 0 Å². The summed E-state index contributed by atoms with van der Waals surface area (Å²) in [5, 5.41) is 4.41. The molecule has 0 bridgehead atoms. The zero-order valence-corrected chi connectivity index (χ0v) is 15.0. The monoisotopic (exact) mass is 356 g/mol. The standard InChI is InChI=1S/C19H17ClN2OS/c1-12-3-9-16(10-4-12)21-17(23)11-18-22-19(13(2)24-18)14-5-7-15(20)8-6-14/h3-10H,11H2,1-2H3,(H,21,23). The number of nitrogens with one attached hydrogen (secondary N) is 1. The lowest BCUT2D eigenvalue weighted by atomic mass is 10.1. The number of benzene rings is 2. The molecule has 0 aliphatic carbocycles. The molecule has 1 amide bonds. The minimum Gasteiger partial charge on any atom is -0.326 e. The van der Waals surface area contributed by atoms with Crippen molar-refractivity contribution in [1.29, 1.82) is 0 Å². The number of amides is 1. The van der Waals surface area contributed by atoms with Crippen LogP contribution in [-0.2, 0) is 11.2 Å². The Bertz CT molecular complexity index is 854. The fourth-order valence-electron chi connectivity index (χ4n) is 2.38. The van der Waals surface area contributed by atoms with Crippen LogP contribution in [0.5, 0.6) is 0 Å². The van der Waals surface area contributed by atoms with Crippen molar-refractivity contribution < 1.29 is 4.79 Å². The SMILES string of the molecule is Cc1ccc(NC(=O)Cc2nc(-c3ccc(Cl)cc3)c(C)s2)cc1. The number of carbonyl (C=O) groups is 1. The number of aromatic nitrogens is 1. The van der Waals surface area contributed by atoms with Crippen molar-refractivity contribution in [2.45, 2.75) is 20.3 Å². The van der Waals surface area contributed by atoms with Crippen molar-refractivity contribution in [1.82, 2.24) is 4.98 Å². The Balaban J connectivity index is 1.71. The normalized spacial score (nSPS) is 10.6. The number of hydrogen-bond acceptors (Lipinski definition) is 3. The Morgan fingerprint density at radius 2 is 1.75 bits per heavy atom. The molecule has 0 fully saturated rings. The predicted octanol–water partition coefficient (Wildman–Crippen LogP) is 5.26. The second kappa shape index (κ2) is 7.16. The van der Waals surface area contributed by atoms with E-state index >= 15 is 0 Å². The van der Waals surface area contributed by atoms with Crippen LogP contribution in [0.25, 0.3) is 11.3 Å². The quantitative estimate of drug-likeness (QED) is 0.692. The molecule has 24 heavy (non-hydrogen) atoms. The van der Waals surface area contributed by atoms with Gasteiger partial charge in [0.1, 0.15) is 5.01 Å². The Morgan fingerprint density at radius 1 is 1.08 bits per heavy atom. The molecule has 3 nitrogen and oxygen atoms in total. The fourth-order valence-corrected chi connectivity index (χ4v) is 3.46. The number of halogens is 1. The number of hydrogen-bond donors (Lipinski definition) is 1. The highest BCUT2D eigenvalue weighted by atomic mass is 35.5. The van der Waals surface area contributed by atoms with Crippen LogP contribution in [-0.4, -0.2) is 10.9 Å². The number of carbonyl (C=O) groups excluding carboxylic acids is 1. The molecule has 0 aliphatic rings. The van der Waals surface area contributed by atoms with Gasteiger partial charge in [0.2, 0.25) is 5.91 Å². The topological polar surface area (TPSA) is 42.0 Å². The molecule has 3 aromatic rings. The van der Waals surface area contributed by atoms with Crippen molar-refractivity contribution in [3.63, 3.8) is 0 Å². The molecule has 0 saturated carbocycles. The van der Waals surface area contributed by atoms with Gasteiger partial charge in [-0.3, -0.25) is 4.79 Å². The van der Waals surface area contributed by atoms with Crippen LogP contribution in [0.2, 0.25) is 5.02 Å². The highest BCUT2D eigenvalue weighted by Crippen LogP contribution is 2.28. The van der Waals surface area contributed by atoms with Gasteiger partial charge in [0, 0.05) is 21.2 Å². The molecule has 0 atom stereocenters. The van der Waals surface area contributed by atoms with Gasteiger partial charge in [0.05, 0.1) is 12.1 Å². The number of rotatable bonds is 4. The molecule has 122 valence electrons. The summed E-state index contributed by atoms with van der Waals surface area (Å²) < 4.78 is 0. The third-order valence-corrected chi connectivity index (χ3v) is 4.83. The van der Waals surface area contributed by atoms with Crippen LogP contribution >= 0.6 is 22.9 Å². The summed E-state index contributed by atoms with van der Waals surface area (Å²) in [7, 11) is 0. The minimum absolute atomic E-state index is 0.0599. The van der Waals surface area contributed by atoms with Gasteiger partial charge in [-0.25, -0.2) is 4.98 Å². The molecule has 0 unspecified atom stereocenters. The highest BCUT2D eigenvalue weighted by Gasteiger charge is 2.13. The average Bonchev–Trinajstić information content (AvgIpc) is 2.90. The molecule has 0 radical (unpaired) electrons. The molecular formula is C19H17ClN2OS. The van der Waals surface area contributed by atoms with E-state index in [-0.39, 0.29) is 12.3 Å². The van der Waals surface area contributed by atoms with E-state index in [0.717, 1.165) is 32.4 Å². The first kappa shape index (κ1) is 16.7. The molecule has 0 saturated heterocycles. The zero-order chi connectivity index (χ0) is 17.1. The first-order valence-corrected chi connectivity index (χ1v) is 8.79. The van der Waals surface area contributed by atoms with Gasteiger partial charge in [0.25, 0.3) is 0 Å². The second-order valence-corrected chi connectivity index (χ2v) is 7.33. The van der Waals surface area contributed by atoms with Gasteiger partial charge in [-0.1, -0.05) is 41.4 Å². The molecule has 2 aromatic carbocycles. The van der Waals surface area contributed by atoms with Crippen molar-refractivity contribution in [3.8, 4) is 11.3 Å². The largest absolute Gasteiger partial charge is 0.326 e. The average molecular weight is 357 g/mol. The predicted molar refractivity (Wildman–Crippen MR) is 101 cm³/mol. The molecule has 1 N–H and O–H groups in total. The van der Waals surface area contributed by atoms with Gasteiger partial charge in [-0.15, -0.1) is 11.3 Å². The van der Waals surface area contributed by atoms with E-state index in [4.69, 9.17) is 11.6 Å². The van der Waals surface area contributed by atoms with E-state index in [0.29, 0.717) is 5.02 Å². The number of nitrogens with zero attached hydrogens (tertiary/aromatic N) is 1. The van der Waals surface area contributed by atoms with Crippen molar-refractivity contribution in [2.75, 3.05) is 5.32 Å². The third kappa shape index (κ3) is 4.02. The number of aryl methyl sites for hydroxylation is 2. The summed E-state index contributed by atoms with van der Waals surface area (Å²) in [5.74, 6) is -0.0599. The molecule has 1 aromatic heterocycles. The Labute approximate surface area is 150 Å². The third-order valence-electron chi connectivity index (χ3n) is 3.61. The summed E-state index contributed by atoms with van der Waals surface area (Å²) in [6, 6.07) is 15.3. The smallest absolute Gasteiger partial charge is 0.231 e. The van der Waals surface area contributed by atoms with Crippen LogP contribution in [0, 0.1) is 13.8 Å². The van der Waals surface area contributed by atoms with E-state index in [1.165, 1.54) is 0 Å². The summed E-state index contributed by atoms with van der Waals surface area (Å²) in [5.41, 5.74) is 3.89. The maximum atomic E-state index is 12.2. The minimum atomic E-state index is -0.0599. The van der Waals surface area contributed by atoms with Gasteiger partial charge < -0.3 is 5.32 Å². The lowest BCUT2D eigenvalue weighted by Gasteiger charge is -2.04. The lowest BCUT2D eigenvalue weighted by molar-refractivity contribution is -0.115. The second-order valence-electron chi connectivity index (χ2n) is 5.61. The van der Waals surface area contributed by atoms with Gasteiger partial charge in [-0.2, -0.15) is 0 Å². The maximum Gasteiger partial charge on any atom is 0.231 e. The lowest BCUT2D eigenvalue weighted by Crippen LogP contribution is -2.14. The van der Waals surface area contributed by atoms with E-state index in [2.05, 4.69) is 10.3 Å². The highest BCUT2D eigenvalue weighted by molar-refractivity contribution is 7.12. The Hall–Kier alpha value is -2.17. The van der Waals surface area contributed by atoms with Gasteiger partial charge >= 0.3 is 0 Å². The van der Waals surface area contributed by atoms with E-state index in [1.54, 1.807) is 11.3 Å². The Morgan fingerprint density at radius 3 is 2.42 bits per heavy atom. The van der Waals surface area contributed by atoms with Crippen LogP contribution < -0.4 is 5.32 Å². The van der Waals surface area contributed by atoms with Crippen molar-refractivity contribution in [3.05, 3.63) is 69.0 Å². The van der Waals surface area contributed by atoms with Gasteiger partial charge in [0.15, 0.2) is 0 Å². The van der Waals surface area contributed by atoms with Crippen LogP contribution in [0.1, 0.15) is 15.4 Å². The van der Waals surface area contributed by atoms with E-state index in [1.807, 2.05) is 62.4 Å². The van der Waals surface area contributed by atoms with Crippen LogP contribution in [0.3, 0.4) is 0 Å². The Kier molecular flexibility index (Phi) is 4.97. The zero-order valence-electron chi connectivity index (χ0n) is 13.5. The molecular weight excluding hydrogens is 340 g/mol. The summed E-state index contributed by atoms with van der Waals surface area (Å²) in [4.78, 5) is 17.9. The molecule has 0 aliphatic heterocycles. The van der Waals surface area contributed by atoms with Gasteiger partial charge in [-0.05, 0) is 38.1 Å². The first-order valence-electron chi connectivity index (χ1n) is 7.60. The maximum absolute atomic E-state index is 12.2. The van der Waals surface area contributed by atoms with E-state index in [9.17, 15) is 4.79 Å². The van der Waals surface area contributed by atoms with Crippen molar-refractivity contribution in [2.24, 2.45) is 0 Å². The molecule has 1 heterocycles. The molecule has 5 heteroatoms. The summed E-state index contributed by atoms with van der Waals surface area (Å²) in [6.07, 6.45) is 0.271. The number of thiazole rings is 1. The number of anilines is 1. The fraction of sp³-hybridized carbons (Fsp3) is 0.158. The summed E-state index contributed by atoms with van der Waals surface area (Å²) >= 11 is 7.48. The molecule has 0 spiro atoms. The van der Waals surface area contributed by atoms with Crippen molar-refractivity contribution >= 4 is 34.5 Å². The first-order chi connectivity index (χ1) is 11.5. The molecule has 3 rings (SSSR count). The summed E-state index contributed by atoms with van der Waals surface area (Å²) in [6.45, 7) is 4.03. The van der Waals surface area contributed by atoms with Crippen LogP contribution in [0.4, 0.5) is 5.69 Å².